The Morgan fingerprint density at radius 1 is 1.43 bits per heavy atom. The van der Waals surface area contributed by atoms with Gasteiger partial charge in [0.1, 0.15) is 4.90 Å². The highest BCUT2D eigenvalue weighted by atomic mass is 32.2. The highest BCUT2D eigenvalue weighted by Crippen LogP contribution is 2.26. The summed E-state index contributed by atoms with van der Waals surface area (Å²) in [6.07, 6.45) is 2.91. The van der Waals surface area contributed by atoms with Gasteiger partial charge in [0.05, 0.1) is 5.69 Å². The maximum Gasteiger partial charge on any atom is 0.276 e. The first-order chi connectivity index (χ1) is 9.73. The number of piperidine rings is 1. The van der Waals surface area contributed by atoms with Crippen LogP contribution in [0.1, 0.15) is 62.1 Å². The number of nitrogens with one attached hydrogen (secondary N) is 1. The number of carbonyl (C=O) groups excluding carboxylic acids is 1. The van der Waals surface area contributed by atoms with Gasteiger partial charge >= 0.3 is 0 Å². The number of hydrogen-bond donors (Lipinski definition) is 2. The molecule has 2 rings (SSSR count). The van der Waals surface area contributed by atoms with E-state index in [4.69, 9.17) is 5.14 Å². The summed E-state index contributed by atoms with van der Waals surface area (Å²) in [7, 11) is -4.01. The van der Waals surface area contributed by atoms with Crippen LogP contribution in [0.2, 0.25) is 0 Å². The maximum absolute atomic E-state index is 12.6. The molecule has 21 heavy (non-hydrogen) atoms. The predicted octanol–water partition coefficient (Wildman–Crippen LogP) is 1.20. The molecule has 118 valence electrons. The van der Waals surface area contributed by atoms with Crippen LogP contribution in [0.5, 0.6) is 0 Å². The molecular formula is C13H22N4O3S. The number of nitrogens with zero attached hydrogens (tertiary/aromatic N) is 2. The van der Waals surface area contributed by atoms with Gasteiger partial charge in [0.15, 0.2) is 5.69 Å². The Bertz CT molecular complexity index is 636. The molecule has 1 atom stereocenters. The van der Waals surface area contributed by atoms with E-state index in [1.54, 1.807) is 4.90 Å². The highest BCUT2D eigenvalue weighted by molar-refractivity contribution is 7.89. The van der Waals surface area contributed by atoms with Crippen molar-refractivity contribution in [2.24, 2.45) is 5.14 Å². The molecule has 0 aromatic carbocycles. The van der Waals surface area contributed by atoms with Crippen LogP contribution in [0.3, 0.4) is 0 Å². The maximum atomic E-state index is 12.6. The number of hydrogen-bond acceptors (Lipinski definition) is 4. The number of nitrogens with two attached hydrogens (primary N) is 1. The molecule has 1 saturated heterocycles. The minimum Gasteiger partial charge on any atom is -0.335 e. The van der Waals surface area contributed by atoms with Gasteiger partial charge in [-0.15, -0.1) is 0 Å². The first kappa shape index (κ1) is 16.0. The number of carbonyl (C=O) groups is 1. The quantitative estimate of drug-likeness (QED) is 0.873. The summed E-state index contributed by atoms with van der Waals surface area (Å²) in [4.78, 5) is 14.1. The van der Waals surface area contributed by atoms with E-state index >= 15 is 0 Å². The lowest BCUT2D eigenvalue weighted by Gasteiger charge is -2.33. The average Bonchev–Trinajstić information content (AvgIpc) is 2.83. The molecule has 1 aromatic rings. The fourth-order valence-electron chi connectivity index (χ4n) is 2.71. The molecule has 1 aliphatic rings. The Labute approximate surface area is 124 Å². The van der Waals surface area contributed by atoms with E-state index < -0.39 is 10.0 Å². The summed E-state index contributed by atoms with van der Waals surface area (Å²) in [6.45, 7) is 6.22. The molecule has 1 unspecified atom stereocenters. The van der Waals surface area contributed by atoms with Crippen LogP contribution in [0.15, 0.2) is 4.90 Å². The highest BCUT2D eigenvalue weighted by Gasteiger charge is 2.33. The van der Waals surface area contributed by atoms with E-state index in [1.807, 2.05) is 20.8 Å². The summed E-state index contributed by atoms with van der Waals surface area (Å²) in [6, 6.07) is 0.0822. The Kier molecular flexibility index (Phi) is 4.38. The Hall–Kier alpha value is -1.41. The first-order valence-corrected chi connectivity index (χ1v) is 8.70. The van der Waals surface area contributed by atoms with E-state index in [2.05, 4.69) is 10.2 Å². The average molecular weight is 314 g/mol. The van der Waals surface area contributed by atoms with Gasteiger partial charge in [-0.1, -0.05) is 13.8 Å². The number of amides is 1. The number of H-pyrrole nitrogens is 1. The minimum absolute atomic E-state index is 0.0822. The van der Waals surface area contributed by atoms with E-state index in [-0.39, 0.29) is 28.5 Å². The fraction of sp³-hybridized carbons (Fsp3) is 0.692. The third kappa shape index (κ3) is 3.11. The number of aromatic amines is 1. The third-order valence-electron chi connectivity index (χ3n) is 3.88. The SMILES string of the molecule is CC(C)c1[nH]nc(C(=O)N2CCCCC2C)c1S(N)(=O)=O. The molecule has 8 heteroatoms. The largest absolute Gasteiger partial charge is 0.335 e. The van der Waals surface area contributed by atoms with Gasteiger partial charge in [0, 0.05) is 12.6 Å². The Morgan fingerprint density at radius 3 is 2.62 bits per heavy atom. The number of rotatable bonds is 3. The van der Waals surface area contributed by atoms with Gasteiger partial charge in [-0.25, -0.2) is 13.6 Å². The zero-order valence-electron chi connectivity index (χ0n) is 12.6. The Balaban J connectivity index is 2.46. The van der Waals surface area contributed by atoms with Crippen molar-refractivity contribution in [2.45, 2.75) is 56.9 Å². The van der Waals surface area contributed by atoms with Crippen molar-refractivity contribution in [3.8, 4) is 0 Å². The van der Waals surface area contributed by atoms with Crippen LogP contribution in [0.4, 0.5) is 0 Å². The smallest absolute Gasteiger partial charge is 0.276 e. The predicted molar refractivity (Wildman–Crippen MR) is 78.4 cm³/mol. The van der Waals surface area contributed by atoms with Gasteiger partial charge in [-0.2, -0.15) is 5.10 Å². The molecule has 0 bridgehead atoms. The molecule has 7 nitrogen and oxygen atoms in total. The van der Waals surface area contributed by atoms with Crippen molar-refractivity contribution in [2.75, 3.05) is 6.54 Å². The van der Waals surface area contributed by atoms with Crippen molar-refractivity contribution in [3.63, 3.8) is 0 Å². The van der Waals surface area contributed by atoms with Gasteiger partial charge in [-0.3, -0.25) is 9.89 Å². The van der Waals surface area contributed by atoms with Crippen molar-refractivity contribution in [1.29, 1.82) is 0 Å². The zero-order valence-corrected chi connectivity index (χ0v) is 13.4. The summed E-state index contributed by atoms with van der Waals surface area (Å²) in [5, 5.41) is 11.9. The summed E-state index contributed by atoms with van der Waals surface area (Å²) >= 11 is 0. The molecule has 3 N–H and O–H groups in total. The Morgan fingerprint density at radius 2 is 2.10 bits per heavy atom. The summed E-state index contributed by atoms with van der Waals surface area (Å²) in [5.74, 6) is -0.486. The van der Waals surface area contributed by atoms with E-state index in [1.165, 1.54) is 0 Å². The number of sulfonamides is 1. The van der Waals surface area contributed by atoms with Crippen LogP contribution < -0.4 is 5.14 Å². The van der Waals surface area contributed by atoms with E-state index in [0.717, 1.165) is 19.3 Å². The molecule has 0 spiro atoms. The number of aromatic nitrogens is 2. The molecule has 2 heterocycles. The van der Waals surface area contributed by atoms with Gasteiger partial charge in [0.25, 0.3) is 5.91 Å². The standard InChI is InChI=1S/C13H22N4O3S/c1-8(2)10-12(21(14,19)20)11(16-15-10)13(18)17-7-5-4-6-9(17)3/h8-9H,4-7H2,1-3H3,(H,15,16)(H2,14,19,20). The van der Waals surface area contributed by atoms with Crippen LogP contribution in [0, 0.1) is 0 Å². The summed E-state index contributed by atoms with van der Waals surface area (Å²) in [5.41, 5.74) is 0.292. The van der Waals surface area contributed by atoms with Gasteiger partial charge < -0.3 is 4.90 Å². The molecule has 1 amide bonds. The van der Waals surface area contributed by atoms with Gasteiger partial charge in [0.2, 0.25) is 10.0 Å². The van der Waals surface area contributed by atoms with Crippen molar-refractivity contribution < 1.29 is 13.2 Å². The van der Waals surface area contributed by atoms with Crippen molar-refractivity contribution in [3.05, 3.63) is 11.4 Å². The van der Waals surface area contributed by atoms with Crippen LogP contribution in [0.25, 0.3) is 0 Å². The monoisotopic (exact) mass is 314 g/mol. The second kappa shape index (κ2) is 5.76. The number of likely N-dealkylation sites (tertiary alicyclic amines) is 1. The zero-order chi connectivity index (χ0) is 15.8. The molecule has 0 aliphatic carbocycles. The molecule has 1 aliphatic heterocycles. The number of primary sulfonamides is 1. The lowest BCUT2D eigenvalue weighted by atomic mass is 10.0. The first-order valence-electron chi connectivity index (χ1n) is 7.15. The molecule has 1 aromatic heterocycles. The van der Waals surface area contributed by atoms with Gasteiger partial charge in [-0.05, 0) is 32.1 Å². The van der Waals surface area contributed by atoms with Crippen molar-refractivity contribution in [1.82, 2.24) is 15.1 Å². The second-order valence-electron chi connectivity index (χ2n) is 5.86. The second-order valence-corrected chi connectivity index (χ2v) is 7.36. The molecular weight excluding hydrogens is 292 g/mol. The minimum atomic E-state index is -4.01. The molecule has 1 fully saturated rings. The van der Waals surface area contributed by atoms with Crippen LogP contribution in [-0.2, 0) is 10.0 Å². The van der Waals surface area contributed by atoms with E-state index in [9.17, 15) is 13.2 Å². The molecule has 0 radical (unpaired) electrons. The van der Waals surface area contributed by atoms with Crippen LogP contribution in [-0.4, -0.2) is 42.0 Å². The topological polar surface area (TPSA) is 109 Å². The lowest BCUT2D eigenvalue weighted by molar-refractivity contribution is 0.0625. The third-order valence-corrected chi connectivity index (χ3v) is 4.86. The van der Waals surface area contributed by atoms with Crippen molar-refractivity contribution >= 4 is 15.9 Å². The lowest BCUT2D eigenvalue weighted by Crippen LogP contribution is -2.42. The summed E-state index contributed by atoms with van der Waals surface area (Å²) < 4.78 is 23.7. The van der Waals surface area contributed by atoms with E-state index in [0.29, 0.717) is 12.2 Å². The molecule has 0 saturated carbocycles. The normalized spacial score (nSPS) is 20.0. The fourth-order valence-corrected chi connectivity index (χ4v) is 3.70. The van der Waals surface area contributed by atoms with Crippen LogP contribution >= 0.6 is 0 Å².